The molecule has 0 aliphatic carbocycles. The van der Waals surface area contributed by atoms with Crippen molar-refractivity contribution in [2.45, 2.75) is 4.90 Å². The number of aliphatic carboxylic acids is 2. The highest BCUT2D eigenvalue weighted by atomic mass is 35.5. The predicted molar refractivity (Wildman–Crippen MR) is 68.1 cm³/mol. The Morgan fingerprint density at radius 1 is 1.12 bits per heavy atom. The summed E-state index contributed by atoms with van der Waals surface area (Å²) in [6.45, 7) is 0. The molecule has 0 saturated heterocycles. The molecule has 0 saturated carbocycles. The molecular weight excluding hydrogens is 287 g/mol. The van der Waals surface area contributed by atoms with Crippen LogP contribution >= 0.6 is 35.8 Å². The van der Waals surface area contributed by atoms with E-state index in [-0.39, 0.29) is 0 Å². The summed E-state index contributed by atoms with van der Waals surface area (Å²) in [5.41, 5.74) is 0. The van der Waals surface area contributed by atoms with Gasteiger partial charge in [-0.2, -0.15) is 0 Å². The molecular formula is C10H8Cl2O4S. The fourth-order valence-electron chi connectivity index (χ4n) is 0.628. The first kappa shape index (κ1) is 15.8. The largest absolute Gasteiger partial charge is 0.478 e. The van der Waals surface area contributed by atoms with E-state index in [4.69, 9.17) is 33.4 Å². The van der Waals surface area contributed by atoms with Gasteiger partial charge in [0.25, 0.3) is 0 Å². The van der Waals surface area contributed by atoms with E-state index in [1.165, 1.54) is 0 Å². The van der Waals surface area contributed by atoms with Crippen LogP contribution in [0.15, 0.2) is 35.2 Å². The van der Waals surface area contributed by atoms with E-state index in [0.717, 1.165) is 0 Å². The highest BCUT2D eigenvalue weighted by Crippen LogP contribution is 2.22. The minimum Gasteiger partial charge on any atom is -0.478 e. The average Bonchev–Trinajstić information content (AvgIpc) is 2.22. The summed E-state index contributed by atoms with van der Waals surface area (Å²) >= 11 is 15.3. The molecule has 0 fully saturated rings. The monoisotopic (exact) mass is 294 g/mol. The highest BCUT2D eigenvalue weighted by molar-refractivity contribution is 7.80. The van der Waals surface area contributed by atoms with Crippen LogP contribution < -0.4 is 0 Å². The van der Waals surface area contributed by atoms with Crippen LogP contribution in [0, 0.1) is 0 Å². The number of hydrogen-bond acceptors (Lipinski definition) is 3. The van der Waals surface area contributed by atoms with E-state index >= 15 is 0 Å². The summed E-state index contributed by atoms with van der Waals surface area (Å²) < 4.78 is 0. The number of carbonyl (C=O) groups is 2. The minimum absolute atomic E-state index is 0.558. The fourth-order valence-corrected chi connectivity index (χ4v) is 1.21. The predicted octanol–water partition coefficient (Wildman–Crippen LogP) is 2.99. The molecule has 0 aliphatic rings. The van der Waals surface area contributed by atoms with E-state index in [9.17, 15) is 9.59 Å². The second kappa shape index (κ2) is 8.00. The van der Waals surface area contributed by atoms with Gasteiger partial charge in [0.15, 0.2) is 0 Å². The van der Waals surface area contributed by atoms with Crippen LogP contribution in [0.3, 0.4) is 0 Å². The fraction of sp³-hybridized carbons (Fsp3) is 0. The summed E-state index contributed by atoms with van der Waals surface area (Å²) in [5.74, 6) is -2.51. The van der Waals surface area contributed by atoms with E-state index < -0.39 is 11.9 Å². The molecule has 0 aromatic heterocycles. The third-order valence-corrected chi connectivity index (χ3v) is 2.34. The van der Waals surface area contributed by atoms with Gasteiger partial charge in [-0.25, -0.2) is 9.59 Å². The number of thiol groups is 1. The SMILES string of the molecule is O=C(O)C=CC(=O)O.Sc1cc(Cl)ccc1Cl. The number of halogens is 2. The Balaban J connectivity index is 0.000000304. The van der Waals surface area contributed by atoms with Gasteiger partial charge in [0.1, 0.15) is 0 Å². The molecule has 17 heavy (non-hydrogen) atoms. The first-order valence-corrected chi connectivity index (χ1v) is 5.31. The number of carboxylic acids is 2. The number of rotatable bonds is 2. The Labute approximate surface area is 113 Å². The normalized spacial score (nSPS) is 9.59. The molecule has 0 aliphatic heterocycles. The summed E-state index contributed by atoms with van der Waals surface area (Å²) in [7, 11) is 0. The topological polar surface area (TPSA) is 74.6 Å². The molecule has 1 rings (SSSR count). The lowest BCUT2D eigenvalue weighted by atomic mass is 10.4. The van der Waals surface area contributed by atoms with Crippen LogP contribution in [0.25, 0.3) is 0 Å². The molecule has 0 atom stereocenters. The maximum absolute atomic E-state index is 9.55. The van der Waals surface area contributed by atoms with E-state index in [1.807, 2.05) is 0 Å². The van der Waals surface area contributed by atoms with Gasteiger partial charge in [0.2, 0.25) is 0 Å². The summed E-state index contributed by atoms with van der Waals surface area (Å²) in [5, 5.41) is 16.9. The molecule has 92 valence electrons. The molecule has 0 radical (unpaired) electrons. The van der Waals surface area contributed by atoms with Crippen molar-refractivity contribution in [1.29, 1.82) is 0 Å². The van der Waals surface area contributed by atoms with Crippen molar-refractivity contribution >= 4 is 47.8 Å². The van der Waals surface area contributed by atoms with Crippen LogP contribution in [0.1, 0.15) is 0 Å². The average molecular weight is 295 g/mol. The second-order valence-electron chi connectivity index (χ2n) is 2.61. The summed E-state index contributed by atoms with van der Waals surface area (Å²) in [6.07, 6.45) is 1.12. The van der Waals surface area contributed by atoms with Gasteiger partial charge in [-0.3, -0.25) is 0 Å². The Morgan fingerprint density at radius 3 is 1.88 bits per heavy atom. The van der Waals surface area contributed by atoms with Crippen molar-refractivity contribution in [1.82, 2.24) is 0 Å². The van der Waals surface area contributed by atoms with Crippen LogP contribution in [0.5, 0.6) is 0 Å². The molecule has 0 spiro atoms. The molecule has 0 bridgehead atoms. The van der Waals surface area contributed by atoms with Gasteiger partial charge in [-0.15, -0.1) is 12.6 Å². The zero-order chi connectivity index (χ0) is 13.4. The molecule has 0 amide bonds. The van der Waals surface area contributed by atoms with Crippen molar-refractivity contribution in [3.63, 3.8) is 0 Å². The second-order valence-corrected chi connectivity index (χ2v) is 3.93. The van der Waals surface area contributed by atoms with Crippen molar-refractivity contribution in [2.24, 2.45) is 0 Å². The molecule has 0 unspecified atom stereocenters. The lowest BCUT2D eigenvalue weighted by Crippen LogP contribution is -1.91. The van der Waals surface area contributed by atoms with E-state index in [0.29, 0.717) is 27.1 Å². The van der Waals surface area contributed by atoms with Gasteiger partial charge >= 0.3 is 11.9 Å². The third-order valence-electron chi connectivity index (χ3n) is 1.28. The van der Waals surface area contributed by atoms with Crippen molar-refractivity contribution in [2.75, 3.05) is 0 Å². The molecule has 4 nitrogen and oxygen atoms in total. The highest BCUT2D eigenvalue weighted by Gasteiger charge is 1.93. The van der Waals surface area contributed by atoms with Gasteiger partial charge in [0.05, 0.1) is 5.02 Å². The van der Waals surface area contributed by atoms with Gasteiger partial charge in [-0.05, 0) is 18.2 Å². The molecule has 2 N–H and O–H groups in total. The van der Waals surface area contributed by atoms with Gasteiger partial charge in [-0.1, -0.05) is 23.2 Å². The van der Waals surface area contributed by atoms with Crippen LogP contribution in [0.4, 0.5) is 0 Å². The first-order chi connectivity index (χ1) is 7.82. The third kappa shape index (κ3) is 8.62. The Morgan fingerprint density at radius 2 is 1.59 bits per heavy atom. The van der Waals surface area contributed by atoms with Crippen molar-refractivity contribution < 1.29 is 19.8 Å². The number of hydrogen-bond donors (Lipinski definition) is 3. The Kier molecular flexibility index (Phi) is 7.45. The summed E-state index contributed by atoms with van der Waals surface area (Å²) in [4.78, 5) is 19.8. The standard InChI is InChI=1S/C6H4Cl2S.C4H4O4/c7-4-1-2-5(8)6(9)3-4;5-3(6)1-2-4(7)8/h1-3,9H;1-2H,(H,5,6)(H,7,8). The van der Waals surface area contributed by atoms with E-state index in [1.54, 1.807) is 18.2 Å². The Hall–Kier alpha value is -1.17. The maximum Gasteiger partial charge on any atom is 0.328 e. The molecule has 7 heteroatoms. The molecule has 1 aromatic rings. The van der Waals surface area contributed by atoms with Crippen LogP contribution in [0.2, 0.25) is 10.0 Å². The minimum atomic E-state index is -1.26. The first-order valence-electron chi connectivity index (χ1n) is 4.11. The zero-order valence-corrected chi connectivity index (χ0v) is 10.7. The Bertz CT molecular complexity index is 430. The summed E-state index contributed by atoms with van der Waals surface area (Å²) in [6, 6.07) is 5.14. The van der Waals surface area contributed by atoms with Gasteiger partial charge in [0, 0.05) is 22.1 Å². The van der Waals surface area contributed by atoms with Crippen molar-refractivity contribution in [3.8, 4) is 0 Å². The number of benzene rings is 1. The van der Waals surface area contributed by atoms with Crippen LogP contribution in [-0.2, 0) is 9.59 Å². The molecule has 1 aromatic carbocycles. The number of carboxylic acid groups (broad SMARTS) is 2. The lowest BCUT2D eigenvalue weighted by Gasteiger charge is -1.94. The van der Waals surface area contributed by atoms with E-state index in [2.05, 4.69) is 12.6 Å². The quantitative estimate of drug-likeness (QED) is 0.579. The maximum atomic E-state index is 9.55. The lowest BCUT2D eigenvalue weighted by molar-refractivity contribution is -0.134. The van der Waals surface area contributed by atoms with Crippen LogP contribution in [-0.4, -0.2) is 22.2 Å². The van der Waals surface area contributed by atoms with Gasteiger partial charge < -0.3 is 10.2 Å². The smallest absolute Gasteiger partial charge is 0.328 e. The molecule has 0 heterocycles. The van der Waals surface area contributed by atoms with Crippen molar-refractivity contribution in [3.05, 3.63) is 40.4 Å². The zero-order valence-electron chi connectivity index (χ0n) is 8.30.